The summed E-state index contributed by atoms with van der Waals surface area (Å²) in [7, 11) is 1.81. The third-order valence-electron chi connectivity index (χ3n) is 4.42. The number of nitrogens with zero attached hydrogens (tertiary/aromatic N) is 2. The summed E-state index contributed by atoms with van der Waals surface area (Å²) in [5.74, 6) is -0.452. The van der Waals surface area contributed by atoms with E-state index in [1.165, 1.54) is 12.1 Å². The van der Waals surface area contributed by atoms with Crippen LogP contribution in [-0.4, -0.2) is 27.9 Å². The first-order valence-corrected chi connectivity index (χ1v) is 8.81. The fourth-order valence-corrected chi connectivity index (χ4v) is 2.90. The maximum Gasteiger partial charge on any atom is 0.251 e. The zero-order valence-corrected chi connectivity index (χ0v) is 15.6. The van der Waals surface area contributed by atoms with E-state index < -0.39 is 6.04 Å². The van der Waals surface area contributed by atoms with Crippen LogP contribution in [-0.2, 0) is 11.8 Å². The highest BCUT2D eigenvalue weighted by atomic mass is 19.1. The minimum Gasteiger partial charge on any atom is -0.343 e. The Bertz CT molecular complexity index is 982. The van der Waals surface area contributed by atoms with Gasteiger partial charge in [0.25, 0.3) is 5.91 Å². The van der Waals surface area contributed by atoms with Gasteiger partial charge in [0.1, 0.15) is 17.7 Å². The minimum absolute atomic E-state index is 0.185. The van der Waals surface area contributed by atoms with Crippen LogP contribution in [0.15, 0.2) is 60.9 Å². The molecule has 0 aliphatic heterocycles. The molecule has 1 aromatic heterocycles. The van der Waals surface area contributed by atoms with E-state index in [0.717, 1.165) is 5.56 Å². The van der Waals surface area contributed by atoms with Crippen LogP contribution in [0.2, 0.25) is 0 Å². The molecule has 0 bridgehead atoms. The zero-order chi connectivity index (χ0) is 20.1. The van der Waals surface area contributed by atoms with E-state index in [4.69, 9.17) is 0 Å². The van der Waals surface area contributed by atoms with Gasteiger partial charge in [-0.3, -0.25) is 9.59 Å². The van der Waals surface area contributed by atoms with Crippen LogP contribution < -0.4 is 10.6 Å². The van der Waals surface area contributed by atoms with Crippen LogP contribution in [0.1, 0.15) is 33.4 Å². The van der Waals surface area contributed by atoms with Gasteiger partial charge in [-0.2, -0.15) is 0 Å². The van der Waals surface area contributed by atoms with Crippen LogP contribution >= 0.6 is 0 Å². The lowest BCUT2D eigenvalue weighted by molar-refractivity contribution is -0.120. The van der Waals surface area contributed by atoms with Crippen molar-refractivity contribution in [1.29, 1.82) is 0 Å². The maximum absolute atomic E-state index is 13.3. The molecule has 1 heterocycles. The van der Waals surface area contributed by atoms with E-state index in [2.05, 4.69) is 15.6 Å². The Morgan fingerprint density at radius 2 is 1.86 bits per heavy atom. The Labute approximate surface area is 162 Å². The lowest BCUT2D eigenvalue weighted by Crippen LogP contribution is -2.39. The van der Waals surface area contributed by atoms with Crippen molar-refractivity contribution in [2.45, 2.75) is 13.0 Å². The van der Waals surface area contributed by atoms with Gasteiger partial charge < -0.3 is 15.2 Å². The highest BCUT2D eigenvalue weighted by molar-refractivity contribution is 5.97. The third-order valence-corrected chi connectivity index (χ3v) is 4.42. The SMILES string of the molecule is Cc1ccccc1C(=O)NCC(=O)N[C@H](c1ccc(F)cc1)c1nccn1C. The Morgan fingerprint density at radius 3 is 2.50 bits per heavy atom. The number of nitrogens with one attached hydrogen (secondary N) is 2. The first-order valence-electron chi connectivity index (χ1n) is 8.81. The van der Waals surface area contributed by atoms with Gasteiger partial charge in [-0.25, -0.2) is 9.37 Å². The Balaban J connectivity index is 1.71. The molecule has 7 heteroatoms. The summed E-state index contributed by atoms with van der Waals surface area (Å²) in [6.45, 7) is 1.65. The Kier molecular flexibility index (Phi) is 5.84. The number of hydrogen-bond acceptors (Lipinski definition) is 3. The number of halogens is 1. The average Bonchev–Trinajstić information content (AvgIpc) is 3.11. The first kappa shape index (κ1) is 19.3. The van der Waals surface area contributed by atoms with Gasteiger partial charge in [0.05, 0.1) is 6.54 Å². The van der Waals surface area contributed by atoms with E-state index in [1.807, 2.05) is 26.1 Å². The van der Waals surface area contributed by atoms with E-state index in [-0.39, 0.29) is 24.2 Å². The molecule has 0 aliphatic carbocycles. The molecule has 28 heavy (non-hydrogen) atoms. The van der Waals surface area contributed by atoms with Crippen LogP contribution in [0.4, 0.5) is 4.39 Å². The average molecular weight is 380 g/mol. The quantitative estimate of drug-likeness (QED) is 0.690. The predicted molar refractivity (Wildman–Crippen MR) is 103 cm³/mol. The molecule has 2 aromatic carbocycles. The van der Waals surface area contributed by atoms with Crippen molar-refractivity contribution < 1.29 is 14.0 Å². The molecule has 0 unspecified atom stereocenters. The number of aryl methyl sites for hydroxylation is 2. The van der Waals surface area contributed by atoms with Crippen molar-refractivity contribution >= 4 is 11.8 Å². The molecule has 144 valence electrons. The summed E-state index contributed by atoms with van der Waals surface area (Å²) in [5, 5.41) is 5.49. The summed E-state index contributed by atoms with van der Waals surface area (Å²) >= 11 is 0. The number of carbonyl (C=O) groups excluding carboxylic acids is 2. The Morgan fingerprint density at radius 1 is 1.14 bits per heavy atom. The molecule has 2 N–H and O–H groups in total. The number of benzene rings is 2. The van der Waals surface area contributed by atoms with E-state index >= 15 is 0 Å². The minimum atomic E-state index is -0.566. The smallest absolute Gasteiger partial charge is 0.251 e. The molecule has 2 amide bonds. The fraction of sp³-hybridized carbons (Fsp3) is 0.190. The van der Waals surface area contributed by atoms with Crippen molar-refractivity contribution in [2.24, 2.45) is 7.05 Å². The topological polar surface area (TPSA) is 76.0 Å². The Hall–Kier alpha value is -3.48. The standard InChI is InChI=1S/C21H21FN4O2/c1-14-5-3-4-6-17(14)21(28)24-13-18(27)25-19(20-23-11-12-26(20)2)15-7-9-16(22)10-8-15/h3-12,19H,13H2,1-2H3,(H,24,28)(H,25,27)/t19-/m1/s1. The van der Waals surface area contributed by atoms with Crippen LogP contribution in [0.25, 0.3) is 0 Å². The molecule has 0 saturated carbocycles. The second-order valence-corrected chi connectivity index (χ2v) is 6.45. The van der Waals surface area contributed by atoms with Gasteiger partial charge in [0.2, 0.25) is 5.91 Å². The number of aromatic nitrogens is 2. The summed E-state index contributed by atoms with van der Waals surface area (Å²) in [5.41, 5.74) is 2.04. The second kappa shape index (κ2) is 8.47. The number of carbonyl (C=O) groups is 2. The first-order chi connectivity index (χ1) is 13.5. The van der Waals surface area contributed by atoms with Crippen LogP contribution in [0.3, 0.4) is 0 Å². The van der Waals surface area contributed by atoms with Crippen LogP contribution in [0.5, 0.6) is 0 Å². The molecule has 3 rings (SSSR count). The molecular weight excluding hydrogens is 359 g/mol. The van der Waals surface area contributed by atoms with Gasteiger partial charge in [0, 0.05) is 25.0 Å². The number of amides is 2. The van der Waals surface area contributed by atoms with E-state index in [9.17, 15) is 14.0 Å². The maximum atomic E-state index is 13.3. The molecule has 3 aromatic rings. The van der Waals surface area contributed by atoms with Crippen molar-refractivity contribution in [2.75, 3.05) is 6.54 Å². The summed E-state index contributed by atoms with van der Waals surface area (Å²) < 4.78 is 15.1. The summed E-state index contributed by atoms with van der Waals surface area (Å²) in [4.78, 5) is 29.1. The number of imidazole rings is 1. The van der Waals surface area contributed by atoms with Gasteiger partial charge >= 0.3 is 0 Å². The summed E-state index contributed by atoms with van der Waals surface area (Å²) in [6.07, 6.45) is 3.38. The molecule has 1 atom stereocenters. The van der Waals surface area contributed by atoms with Gasteiger partial charge in [-0.1, -0.05) is 30.3 Å². The number of hydrogen-bond donors (Lipinski definition) is 2. The lowest BCUT2D eigenvalue weighted by atomic mass is 10.1. The molecule has 0 aliphatic rings. The second-order valence-electron chi connectivity index (χ2n) is 6.45. The molecule has 0 radical (unpaired) electrons. The normalized spacial score (nSPS) is 11.7. The monoisotopic (exact) mass is 380 g/mol. The predicted octanol–water partition coefficient (Wildman–Crippen LogP) is 2.50. The van der Waals surface area contributed by atoms with Gasteiger partial charge in [-0.05, 0) is 36.2 Å². The largest absolute Gasteiger partial charge is 0.343 e. The van der Waals surface area contributed by atoms with E-state index in [0.29, 0.717) is 17.0 Å². The third kappa shape index (κ3) is 4.43. The van der Waals surface area contributed by atoms with Gasteiger partial charge in [-0.15, -0.1) is 0 Å². The molecular formula is C21H21FN4O2. The van der Waals surface area contributed by atoms with Crippen molar-refractivity contribution in [3.8, 4) is 0 Å². The highest BCUT2D eigenvalue weighted by Crippen LogP contribution is 2.20. The fourth-order valence-electron chi connectivity index (χ4n) is 2.90. The zero-order valence-electron chi connectivity index (χ0n) is 15.6. The molecule has 0 fully saturated rings. The van der Waals surface area contributed by atoms with Crippen molar-refractivity contribution in [3.63, 3.8) is 0 Å². The van der Waals surface area contributed by atoms with Gasteiger partial charge in [0.15, 0.2) is 0 Å². The number of rotatable bonds is 6. The lowest BCUT2D eigenvalue weighted by Gasteiger charge is -2.19. The highest BCUT2D eigenvalue weighted by Gasteiger charge is 2.21. The van der Waals surface area contributed by atoms with Crippen LogP contribution in [0, 0.1) is 12.7 Å². The molecule has 6 nitrogen and oxygen atoms in total. The summed E-state index contributed by atoms with van der Waals surface area (Å²) in [6, 6.07) is 12.4. The van der Waals surface area contributed by atoms with Crippen molar-refractivity contribution in [3.05, 3.63) is 89.3 Å². The molecule has 0 saturated heterocycles. The van der Waals surface area contributed by atoms with E-state index in [1.54, 1.807) is 41.2 Å². The molecule has 0 spiro atoms. The van der Waals surface area contributed by atoms with Crippen molar-refractivity contribution in [1.82, 2.24) is 20.2 Å².